The predicted molar refractivity (Wildman–Crippen MR) is 115 cm³/mol. The van der Waals surface area contributed by atoms with Crippen molar-refractivity contribution in [3.63, 3.8) is 0 Å². The highest BCUT2D eigenvalue weighted by Crippen LogP contribution is 2.26. The molecule has 2 amide bonds. The molecule has 0 saturated carbocycles. The zero-order chi connectivity index (χ0) is 20.6. The molecule has 2 N–H and O–H groups in total. The van der Waals surface area contributed by atoms with Gasteiger partial charge in [0.25, 0.3) is 11.8 Å². The topological polar surface area (TPSA) is 67.4 Å². The van der Waals surface area contributed by atoms with Crippen LogP contribution in [-0.2, 0) is 6.54 Å². The van der Waals surface area contributed by atoms with Gasteiger partial charge in [-0.05, 0) is 42.8 Å². The molecule has 0 bridgehead atoms. The zero-order valence-electron chi connectivity index (χ0n) is 15.9. The number of hydrogen-bond acceptors (Lipinski definition) is 3. The lowest BCUT2D eigenvalue weighted by Crippen LogP contribution is -2.24. The van der Waals surface area contributed by atoms with E-state index >= 15 is 0 Å². The van der Waals surface area contributed by atoms with Gasteiger partial charge >= 0.3 is 0 Å². The van der Waals surface area contributed by atoms with E-state index in [1.807, 2.05) is 37.3 Å². The maximum Gasteiger partial charge on any atom is 0.255 e. The number of para-hydroxylation sites is 1. The molecule has 0 atom stereocenters. The number of amides is 2. The van der Waals surface area contributed by atoms with Gasteiger partial charge in [0.1, 0.15) is 5.75 Å². The lowest BCUT2D eigenvalue weighted by atomic mass is 10.1. The van der Waals surface area contributed by atoms with Crippen LogP contribution in [0.3, 0.4) is 0 Å². The number of halogens is 1. The quantitative estimate of drug-likeness (QED) is 0.583. The number of carbonyl (C=O) groups is 2. The van der Waals surface area contributed by atoms with Gasteiger partial charge in [0.15, 0.2) is 0 Å². The smallest absolute Gasteiger partial charge is 0.255 e. The Kier molecular flexibility index (Phi) is 6.87. The summed E-state index contributed by atoms with van der Waals surface area (Å²) in [6, 6.07) is 21.3. The fourth-order valence-corrected chi connectivity index (χ4v) is 3.01. The van der Waals surface area contributed by atoms with Gasteiger partial charge in [-0.15, -0.1) is 0 Å². The third-order valence-electron chi connectivity index (χ3n) is 4.21. The summed E-state index contributed by atoms with van der Waals surface area (Å²) in [6.07, 6.45) is 0. The van der Waals surface area contributed by atoms with Crippen molar-refractivity contribution in [2.45, 2.75) is 13.5 Å². The lowest BCUT2D eigenvalue weighted by Gasteiger charge is -2.12. The van der Waals surface area contributed by atoms with Crippen molar-refractivity contribution in [1.82, 2.24) is 5.32 Å². The van der Waals surface area contributed by atoms with Gasteiger partial charge < -0.3 is 15.4 Å². The van der Waals surface area contributed by atoms with E-state index in [2.05, 4.69) is 10.6 Å². The van der Waals surface area contributed by atoms with Gasteiger partial charge in [-0.1, -0.05) is 54.1 Å². The van der Waals surface area contributed by atoms with E-state index in [0.717, 1.165) is 5.56 Å². The van der Waals surface area contributed by atoms with Crippen LogP contribution in [-0.4, -0.2) is 18.4 Å². The molecule has 0 unspecified atom stereocenters. The highest BCUT2D eigenvalue weighted by molar-refractivity contribution is 6.32. The lowest BCUT2D eigenvalue weighted by molar-refractivity contribution is 0.0952. The molecule has 29 heavy (non-hydrogen) atoms. The molecule has 0 radical (unpaired) electrons. The number of benzene rings is 3. The maximum absolute atomic E-state index is 12.6. The van der Waals surface area contributed by atoms with Crippen LogP contribution in [0.1, 0.15) is 33.2 Å². The maximum atomic E-state index is 12.6. The minimum absolute atomic E-state index is 0.269. The summed E-state index contributed by atoms with van der Waals surface area (Å²) in [5.74, 6) is -0.112. The summed E-state index contributed by atoms with van der Waals surface area (Å²) in [5.41, 5.74) is 2.17. The zero-order valence-corrected chi connectivity index (χ0v) is 16.7. The van der Waals surface area contributed by atoms with Crippen molar-refractivity contribution in [2.75, 3.05) is 11.9 Å². The van der Waals surface area contributed by atoms with E-state index in [4.69, 9.17) is 16.3 Å². The molecule has 0 aliphatic heterocycles. The van der Waals surface area contributed by atoms with E-state index < -0.39 is 0 Å². The van der Waals surface area contributed by atoms with E-state index in [0.29, 0.717) is 40.7 Å². The van der Waals surface area contributed by atoms with Crippen LogP contribution < -0.4 is 15.4 Å². The summed E-state index contributed by atoms with van der Waals surface area (Å²) >= 11 is 6.17. The Labute approximate surface area is 174 Å². The van der Waals surface area contributed by atoms with Crippen LogP contribution in [0.15, 0.2) is 72.8 Å². The van der Waals surface area contributed by atoms with Crippen LogP contribution in [0, 0.1) is 0 Å². The highest BCUT2D eigenvalue weighted by atomic mass is 35.5. The van der Waals surface area contributed by atoms with Crippen LogP contribution in [0.5, 0.6) is 5.75 Å². The molecule has 0 saturated heterocycles. The fraction of sp³-hybridized carbons (Fsp3) is 0.130. The average Bonchev–Trinajstić information content (AvgIpc) is 2.74. The Bertz CT molecular complexity index is 1010. The van der Waals surface area contributed by atoms with Crippen LogP contribution in [0.25, 0.3) is 0 Å². The first-order valence-electron chi connectivity index (χ1n) is 9.23. The van der Waals surface area contributed by atoms with Gasteiger partial charge in [-0.25, -0.2) is 0 Å². The molecule has 0 spiro atoms. The first kappa shape index (κ1) is 20.4. The first-order valence-corrected chi connectivity index (χ1v) is 9.61. The number of anilines is 1. The second-order valence-corrected chi connectivity index (χ2v) is 6.65. The van der Waals surface area contributed by atoms with Gasteiger partial charge in [0.05, 0.1) is 22.9 Å². The second kappa shape index (κ2) is 9.75. The first-order chi connectivity index (χ1) is 14.1. The third kappa shape index (κ3) is 5.36. The normalized spacial score (nSPS) is 10.3. The van der Waals surface area contributed by atoms with Crippen molar-refractivity contribution in [3.05, 3.63) is 94.5 Å². The largest absolute Gasteiger partial charge is 0.492 e. The van der Waals surface area contributed by atoms with E-state index in [1.54, 1.807) is 42.5 Å². The standard InChI is InChI=1S/C23H21ClN2O3/c1-2-29-21-13-12-17(14-19(21)24)22(27)26-20-11-7-6-10-18(20)23(28)25-15-16-8-4-3-5-9-16/h3-14H,2,15H2,1H3,(H,25,28)(H,26,27). The number of ether oxygens (including phenoxy) is 1. The Morgan fingerprint density at radius 3 is 2.38 bits per heavy atom. The minimum atomic E-state index is -0.363. The van der Waals surface area contributed by atoms with Gasteiger partial charge in [-0.3, -0.25) is 9.59 Å². The Morgan fingerprint density at radius 1 is 0.931 bits per heavy atom. The minimum Gasteiger partial charge on any atom is -0.492 e. The SMILES string of the molecule is CCOc1ccc(C(=O)Nc2ccccc2C(=O)NCc2ccccc2)cc1Cl. The molecular weight excluding hydrogens is 388 g/mol. The van der Waals surface area contributed by atoms with Crippen LogP contribution >= 0.6 is 11.6 Å². The van der Waals surface area contributed by atoms with Crippen molar-refractivity contribution in [1.29, 1.82) is 0 Å². The molecule has 3 aromatic carbocycles. The molecular formula is C23H21ClN2O3. The molecule has 0 heterocycles. The van der Waals surface area contributed by atoms with Gasteiger partial charge in [-0.2, -0.15) is 0 Å². The van der Waals surface area contributed by atoms with Gasteiger partial charge in [0.2, 0.25) is 0 Å². The predicted octanol–water partition coefficient (Wildman–Crippen LogP) is 4.92. The number of rotatable bonds is 7. The van der Waals surface area contributed by atoms with E-state index in [1.165, 1.54) is 0 Å². The average molecular weight is 409 g/mol. The Morgan fingerprint density at radius 2 is 1.66 bits per heavy atom. The highest BCUT2D eigenvalue weighted by Gasteiger charge is 2.15. The fourth-order valence-electron chi connectivity index (χ4n) is 2.77. The number of hydrogen-bond donors (Lipinski definition) is 2. The van der Waals surface area contributed by atoms with Crippen LogP contribution in [0.4, 0.5) is 5.69 Å². The molecule has 3 aromatic rings. The van der Waals surface area contributed by atoms with Crippen molar-refractivity contribution in [3.8, 4) is 5.75 Å². The molecule has 148 valence electrons. The van der Waals surface area contributed by atoms with Gasteiger partial charge in [0, 0.05) is 12.1 Å². The Balaban J connectivity index is 1.72. The molecule has 0 aromatic heterocycles. The summed E-state index contributed by atoms with van der Waals surface area (Å²) in [6.45, 7) is 2.74. The monoisotopic (exact) mass is 408 g/mol. The number of carbonyl (C=O) groups excluding carboxylic acids is 2. The molecule has 5 nitrogen and oxygen atoms in total. The van der Waals surface area contributed by atoms with Crippen molar-refractivity contribution in [2.24, 2.45) is 0 Å². The summed E-state index contributed by atoms with van der Waals surface area (Å²) in [7, 11) is 0. The van der Waals surface area contributed by atoms with E-state index in [-0.39, 0.29) is 11.8 Å². The number of nitrogens with one attached hydrogen (secondary N) is 2. The molecule has 6 heteroatoms. The second-order valence-electron chi connectivity index (χ2n) is 6.25. The van der Waals surface area contributed by atoms with Crippen molar-refractivity contribution < 1.29 is 14.3 Å². The Hall–Kier alpha value is -3.31. The molecule has 0 aliphatic carbocycles. The third-order valence-corrected chi connectivity index (χ3v) is 4.51. The van der Waals surface area contributed by atoms with E-state index in [9.17, 15) is 9.59 Å². The van der Waals surface area contributed by atoms with Crippen molar-refractivity contribution >= 4 is 29.1 Å². The van der Waals surface area contributed by atoms with Crippen LogP contribution in [0.2, 0.25) is 5.02 Å². The molecule has 3 rings (SSSR count). The summed E-state index contributed by atoms with van der Waals surface area (Å²) < 4.78 is 5.39. The summed E-state index contributed by atoms with van der Waals surface area (Å²) in [5, 5.41) is 6.01. The molecule has 0 fully saturated rings. The summed E-state index contributed by atoms with van der Waals surface area (Å²) in [4.78, 5) is 25.3. The molecule has 0 aliphatic rings.